The lowest BCUT2D eigenvalue weighted by Crippen LogP contribution is -2.22. The van der Waals surface area contributed by atoms with Gasteiger partial charge in [-0.1, -0.05) is 119 Å². The van der Waals surface area contributed by atoms with Gasteiger partial charge in [-0.05, 0) is 95.1 Å². The quantitative estimate of drug-likeness (QED) is 0.115. The summed E-state index contributed by atoms with van der Waals surface area (Å²) in [7, 11) is 0. The summed E-state index contributed by atoms with van der Waals surface area (Å²) in [5, 5.41) is 2.69. The lowest BCUT2D eigenvalue weighted by Gasteiger charge is -2.38. The zero-order chi connectivity index (χ0) is 43.6. The minimum Gasteiger partial charge on any atom is -0.489 e. The van der Waals surface area contributed by atoms with E-state index >= 15 is 0 Å². The lowest BCUT2D eigenvalue weighted by atomic mass is 9.71. The van der Waals surface area contributed by atoms with Crippen molar-refractivity contribution in [2.45, 2.75) is 38.3 Å². The Morgan fingerprint density at radius 3 is 0.734 bits per heavy atom. The van der Waals surface area contributed by atoms with Gasteiger partial charge in [0.25, 0.3) is 0 Å². The zero-order valence-electron chi connectivity index (χ0n) is 34.1. The van der Waals surface area contributed by atoms with Gasteiger partial charge >= 0.3 is 0 Å². The topological polar surface area (TPSA) is 55.4 Å². The molecule has 0 N–H and O–H groups in total. The predicted molar refractivity (Wildman–Crippen MR) is 253 cm³/mol. The summed E-state index contributed by atoms with van der Waals surface area (Å²) in [4.78, 5) is 0. The van der Waals surface area contributed by atoms with E-state index in [1.807, 2.05) is 146 Å². The Kier molecular flexibility index (Phi) is 12.0. The van der Waals surface area contributed by atoms with E-state index in [-0.39, 0.29) is 11.8 Å². The van der Waals surface area contributed by atoms with Crippen LogP contribution in [0.3, 0.4) is 0 Å². The number of hydrogen-bond acceptors (Lipinski definition) is 6. The van der Waals surface area contributed by atoms with Crippen LogP contribution < -0.4 is 28.4 Å². The van der Waals surface area contributed by atoms with Crippen LogP contribution in [0.2, 0.25) is 20.1 Å². The Morgan fingerprint density at radius 2 is 0.516 bits per heavy atom. The molecule has 2 aliphatic rings. The Morgan fingerprint density at radius 1 is 0.297 bits per heavy atom. The highest BCUT2D eigenvalue weighted by molar-refractivity contribution is 6.31. The first kappa shape index (κ1) is 41.7. The van der Waals surface area contributed by atoms with Crippen molar-refractivity contribution < 1.29 is 28.4 Å². The van der Waals surface area contributed by atoms with Crippen LogP contribution in [0.15, 0.2) is 170 Å². The maximum atomic E-state index is 6.81. The number of rotatable bonds is 13. The first-order chi connectivity index (χ1) is 31.3. The Balaban J connectivity index is 1.04. The minimum atomic E-state index is -0.225. The fourth-order valence-corrected chi connectivity index (χ4v) is 8.58. The second-order valence-corrected chi connectivity index (χ2v) is 17.4. The highest BCUT2D eigenvalue weighted by Crippen LogP contribution is 2.59. The van der Waals surface area contributed by atoms with Crippen molar-refractivity contribution in [2.75, 3.05) is 0 Å². The molecular weight excluding hydrogens is 886 g/mol. The van der Waals surface area contributed by atoms with Crippen molar-refractivity contribution in [3.05, 3.63) is 234 Å². The van der Waals surface area contributed by atoms with Gasteiger partial charge in [0.2, 0.25) is 0 Å². The Hall–Kier alpha value is -6.28. The molecule has 2 heterocycles. The van der Waals surface area contributed by atoms with Crippen molar-refractivity contribution in [3.8, 4) is 46.0 Å². The van der Waals surface area contributed by atoms with Crippen LogP contribution in [0.4, 0.5) is 0 Å². The third kappa shape index (κ3) is 9.33. The molecule has 10 rings (SSSR count). The maximum absolute atomic E-state index is 6.81. The van der Waals surface area contributed by atoms with E-state index in [1.165, 1.54) is 0 Å². The first-order valence-electron chi connectivity index (χ1n) is 20.7. The van der Waals surface area contributed by atoms with Gasteiger partial charge in [0.1, 0.15) is 72.4 Å². The van der Waals surface area contributed by atoms with Crippen molar-refractivity contribution in [1.82, 2.24) is 0 Å². The zero-order valence-corrected chi connectivity index (χ0v) is 37.1. The van der Waals surface area contributed by atoms with Crippen LogP contribution in [-0.4, -0.2) is 0 Å². The van der Waals surface area contributed by atoms with E-state index in [1.54, 1.807) is 0 Å². The molecule has 318 valence electrons. The van der Waals surface area contributed by atoms with Crippen molar-refractivity contribution in [1.29, 1.82) is 0 Å². The molecule has 2 aliphatic heterocycles. The van der Waals surface area contributed by atoms with Gasteiger partial charge in [-0.15, -0.1) is 0 Å². The summed E-state index contributed by atoms with van der Waals surface area (Å²) < 4.78 is 38.9. The third-order valence-corrected chi connectivity index (χ3v) is 12.3. The molecule has 64 heavy (non-hydrogen) atoms. The minimum absolute atomic E-state index is 0.225. The summed E-state index contributed by atoms with van der Waals surface area (Å²) in [5.74, 6) is 4.96. The van der Waals surface area contributed by atoms with Gasteiger partial charge in [0, 0.05) is 78.4 Å². The molecular formula is C54H38Cl4O6. The molecule has 0 fully saturated rings. The van der Waals surface area contributed by atoms with Gasteiger partial charge in [0.15, 0.2) is 0 Å². The molecule has 8 aromatic rings. The fraction of sp³-hybridized carbons (Fsp3) is 0.111. The molecule has 8 aromatic carbocycles. The second-order valence-electron chi connectivity index (χ2n) is 15.6. The summed E-state index contributed by atoms with van der Waals surface area (Å²) in [5.41, 5.74) is 7.98. The van der Waals surface area contributed by atoms with E-state index in [9.17, 15) is 0 Å². The van der Waals surface area contributed by atoms with Crippen LogP contribution in [0, 0.1) is 0 Å². The molecule has 0 spiro atoms. The highest BCUT2D eigenvalue weighted by Gasteiger charge is 2.41. The smallest absolute Gasteiger partial charge is 0.134 e. The molecule has 0 aliphatic carbocycles. The van der Waals surface area contributed by atoms with E-state index in [0.29, 0.717) is 92.5 Å². The van der Waals surface area contributed by atoms with Crippen molar-refractivity contribution in [3.63, 3.8) is 0 Å². The SMILES string of the molecule is Clc1ccc(COc2ccc3c(c2)Oc2cc(OCc4ccc(Cl)cc4)ccc2C3C2c3ccc(OCc4ccc(Cl)cc4)cc3Oc3cc(OCc4ccc(Cl)cc4)ccc32)cc1. The molecule has 0 saturated heterocycles. The van der Waals surface area contributed by atoms with Crippen LogP contribution >= 0.6 is 46.4 Å². The van der Waals surface area contributed by atoms with E-state index in [4.69, 9.17) is 74.8 Å². The van der Waals surface area contributed by atoms with Gasteiger partial charge in [-0.2, -0.15) is 0 Å². The fourth-order valence-electron chi connectivity index (χ4n) is 8.08. The predicted octanol–water partition coefficient (Wildman–Crippen LogP) is 15.8. The molecule has 0 atom stereocenters. The molecule has 6 nitrogen and oxygen atoms in total. The number of halogens is 4. The van der Waals surface area contributed by atoms with Gasteiger partial charge < -0.3 is 28.4 Å². The van der Waals surface area contributed by atoms with E-state index in [0.717, 1.165) is 44.5 Å². The molecule has 0 radical (unpaired) electrons. The summed E-state index contributed by atoms with van der Waals surface area (Å²) in [6.07, 6.45) is 0. The van der Waals surface area contributed by atoms with Crippen molar-refractivity contribution >= 4 is 46.4 Å². The normalized spacial score (nSPS) is 12.8. The highest BCUT2D eigenvalue weighted by atomic mass is 35.5. The monoisotopic (exact) mass is 922 g/mol. The Labute approximate surface area is 391 Å². The first-order valence-corrected chi connectivity index (χ1v) is 22.2. The molecule has 0 amide bonds. The molecule has 0 unspecified atom stereocenters. The van der Waals surface area contributed by atoms with Crippen LogP contribution in [-0.2, 0) is 26.4 Å². The number of benzene rings is 8. The van der Waals surface area contributed by atoms with Crippen LogP contribution in [0.1, 0.15) is 56.3 Å². The third-order valence-electron chi connectivity index (χ3n) is 11.3. The van der Waals surface area contributed by atoms with Gasteiger partial charge in [0.05, 0.1) is 0 Å². The summed E-state index contributed by atoms with van der Waals surface area (Å²) in [6.45, 7) is 1.46. The van der Waals surface area contributed by atoms with Gasteiger partial charge in [-0.3, -0.25) is 0 Å². The number of hydrogen-bond donors (Lipinski definition) is 0. The molecule has 0 aromatic heterocycles. The average molecular weight is 925 g/mol. The average Bonchev–Trinajstić information content (AvgIpc) is 3.31. The maximum Gasteiger partial charge on any atom is 0.134 e. The van der Waals surface area contributed by atoms with Crippen molar-refractivity contribution in [2.24, 2.45) is 0 Å². The van der Waals surface area contributed by atoms with E-state index < -0.39 is 0 Å². The summed E-state index contributed by atoms with van der Waals surface area (Å²) >= 11 is 24.6. The van der Waals surface area contributed by atoms with Crippen LogP contribution in [0.25, 0.3) is 0 Å². The molecule has 10 heteroatoms. The van der Waals surface area contributed by atoms with Gasteiger partial charge in [-0.25, -0.2) is 0 Å². The number of ether oxygens (including phenoxy) is 6. The molecule has 0 bridgehead atoms. The lowest BCUT2D eigenvalue weighted by molar-refractivity contribution is 0.299. The number of fused-ring (bicyclic) bond motifs is 4. The Bertz CT molecular complexity index is 2540. The van der Waals surface area contributed by atoms with Crippen LogP contribution in [0.5, 0.6) is 46.0 Å². The molecule has 0 saturated carbocycles. The standard InChI is InChI=1S/C54H38Cl4O6/c55-37-9-1-33(2-10-37)29-59-41-17-21-45-49(25-41)63-50-26-42(60-30-34-3-11-38(56)12-4-34)18-22-46(50)53(45)54-47-23-19-43(61-31-35-5-13-39(57)14-6-35)27-51(47)64-52-28-44(20-24-48(52)54)62-32-36-7-15-40(58)16-8-36/h1-28,53-54H,29-32H2. The largest absolute Gasteiger partial charge is 0.489 e. The summed E-state index contributed by atoms with van der Waals surface area (Å²) in [6, 6.07) is 54.8. The van der Waals surface area contributed by atoms with E-state index in [2.05, 4.69) is 24.3 Å². The second kappa shape index (κ2) is 18.4.